The number of ether oxygens (including phenoxy) is 2. The van der Waals surface area contributed by atoms with Gasteiger partial charge in [-0.15, -0.1) is 24.9 Å². The van der Waals surface area contributed by atoms with Crippen molar-refractivity contribution in [3.05, 3.63) is 99.8 Å². The highest BCUT2D eigenvalue weighted by molar-refractivity contribution is 8.01. The fourth-order valence-electron chi connectivity index (χ4n) is 4.13. The van der Waals surface area contributed by atoms with Gasteiger partial charge in [0, 0.05) is 17.4 Å². The summed E-state index contributed by atoms with van der Waals surface area (Å²) in [5, 5.41) is 6.16. The van der Waals surface area contributed by atoms with Crippen molar-refractivity contribution >= 4 is 46.4 Å². The summed E-state index contributed by atoms with van der Waals surface area (Å²) in [4.78, 5) is 32.0. The zero-order valence-corrected chi connectivity index (χ0v) is 22.2. The Hall–Kier alpha value is -3.54. The largest absolute Gasteiger partial charge is 0.573 e. The predicted molar refractivity (Wildman–Crippen MR) is 141 cm³/mol. The first-order valence-electron chi connectivity index (χ1n) is 11.4. The molecule has 2 unspecified atom stereocenters. The fourth-order valence-corrected chi connectivity index (χ4v) is 6.10. The van der Waals surface area contributed by atoms with E-state index in [2.05, 4.69) is 15.0 Å². The van der Waals surface area contributed by atoms with Crippen molar-refractivity contribution in [2.24, 2.45) is 0 Å². The number of benzene rings is 2. The average molecular weight is 591 g/mol. The van der Waals surface area contributed by atoms with Crippen molar-refractivity contribution < 1.29 is 32.2 Å². The normalized spacial score (nSPS) is 19.4. The highest BCUT2D eigenvalue weighted by Crippen LogP contribution is 2.41. The van der Waals surface area contributed by atoms with Gasteiger partial charge < -0.3 is 14.8 Å². The molecule has 1 amide bonds. The van der Waals surface area contributed by atoms with Crippen LogP contribution < -0.4 is 14.8 Å². The number of Topliss-reactive ketones (excluding diaryl/α,β-unsaturated/α-hetero) is 1. The second kappa shape index (κ2) is 10.9. The molecule has 2 atom stereocenters. The minimum Gasteiger partial charge on any atom is -0.439 e. The van der Waals surface area contributed by atoms with Gasteiger partial charge in [-0.2, -0.15) is 11.3 Å². The number of carbonyl (C=O) groups excluding carboxylic acids is 2. The number of halogens is 4. The zero-order valence-electron chi connectivity index (χ0n) is 19.8. The number of hydrogen-bond donors (Lipinski definition) is 1. The number of carbonyl (C=O) groups is 2. The van der Waals surface area contributed by atoms with E-state index in [1.807, 2.05) is 16.8 Å². The van der Waals surface area contributed by atoms with E-state index in [1.54, 1.807) is 42.5 Å². The van der Waals surface area contributed by atoms with Crippen LogP contribution in [0.4, 0.5) is 13.2 Å². The summed E-state index contributed by atoms with van der Waals surface area (Å²) in [5.74, 6) is -0.806. The van der Waals surface area contributed by atoms with E-state index in [0.717, 1.165) is 23.9 Å². The van der Waals surface area contributed by atoms with Gasteiger partial charge in [0.1, 0.15) is 22.3 Å². The molecule has 1 N–H and O–H groups in total. The number of ketones is 1. The topological polar surface area (TPSA) is 77.5 Å². The molecule has 4 aromatic rings. The Bertz CT molecular complexity index is 1480. The summed E-state index contributed by atoms with van der Waals surface area (Å²) >= 11 is 8.75. The monoisotopic (exact) mass is 590 g/mol. The number of rotatable bonds is 7. The molecule has 5 rings (SSSR count). The fraction of sp³-hybridized carbons (Fsp3) is 0.148. The van der Waals surface area contributed by atoms with E-state index in [1.165, 1.54) is 23.5 Å². The van der Waals surface area contributed by atoms with Crippen molar-refractivity contribution in [2.75, 3.05) is 0 Å². The van der Waals surface area contributed by atoms with Crippen molar-refractivity contribution in [1.29, 1.82) is 0 Å². The quantitative estimate of drug-likeness (QED) is 0.234. The molecule has 0 spiro atoms. The lowest BCUT2D eigenvalue weighted by Gasteiger charge is -2.39. The smallest absolute Gasteiger partial charge is 0.439 e. The predicted octanol–water partition coefficient (Wildman–Crippen LogP) is 6.98. The number of aromatic nitrogens is 1. The molecule has 3 heterocycles. The van der Waals surface area contributed by atoms with Crippen LogP contribution in [0.2, 0.25) is 5.02 Å². The van der Waals surface area contributed by atoms with Crippen LogP contribution in [0.15, 0.2) is 88.5 Å². The molecular formula is C27H18ClF3N2O4S2. The molecule has 0 radical (unpaired) electrons. The van der Waals surface area contributed by atoms with Gasteiger partial charge in [-0.3, -0.25) is 9.59 Å². The molecule has 12 heteroatoms. The van der Waals surface area contributed by atoms with E-state index in [0.29, 0.717) is 21.2 Å². The van der Waals surface area contributed by atoms with E-state index >= 15 is 0 Å². The standard InChI is InChI=1S/C27H18ClF3N2O4S2/c28-19-4-1-2-5-21(19)39-24-20(34)14-26(33-25(24)35,16-12-13-38-15-16)22-6-3-7-23(32-22)36-17-8-10-18(11-9-17)37-27(29,30)31/h1-13,15,24H,14H2,(H,33,35). The van der Waals surface area contributed by atoms with E-state index in [-0.39, 0.29) is 29.6 Å². The van der Waals surface area contributed by atoms with Crippen molar-refractivity contribution in [3.8, 4) is 17.4 Å². The number of amides is 1. The summed E-state index contributed by atoms with van der Waals surface area (Å²) in [6.07, 6.45) is -4.86. The number of piperidine rings is 1. The molecule has 1 aliphatic rings. The lowest BCUT2D eigenvalue weighted by Crippen LogP contribution is -2.58. The number of thioether (sulfide) groups is 1. The third kappa shape index (κ3) is 6.05. The molecule has 0 aliphatic carbocycles. The number of alkyl halides is 3. The first kappa shape index (κ1) is 27.0. The molecule has 1 aliphatic heterocycles. The van der Waals surface area contributed by atoms with Crippen LogP contribution in [-0.4, -0.2) is 28.3 Å². The van der Waals surface area contributed by atoms with Gasteiger partial charge in [0.05, 0.1) is 10.7 Å². The number of nitrogens with zero attached hydrogens (tertiary/aromatic N) is 1. The lowest BCUT2D eigenvalue weighted by atomic mass is 9.79. The minimum atomic E-state index is -4.80. The maximum Gasteiger partial charge on any atom is 0.573 e. The first-order valence-corrected chi connectivity index (χ1v) is 13.6. The highest BCUT2D eigenvalue weighted by atomic mass is 35.5. The molecule has 2 aromatic carbocycles. The van der Waals surface area contributed by atoms with E-state index in [9.17, 15) is 22.8 Å². The van der Waals surface area contributed by atoms with Crippen LogP contribution in [0.25, 0.3) is 0 Å². The Balaban J connectivity index is 1.42. The zero-order chi connectivity index (χ0) is 27.6. The van der Waals surface area contributed by atoms with Crippen LogP contribution in [0, 0.1) is 0 Å². The molecule has 1 saturated heterocycles. The first-order chi connectivity index (χ1) is 18.6. The second-order valence-electron chi connectivity index (χ2n) is 8.46. The number of thiophene rings is 1. The van der Waals surface area contributed by atoms with Gasteiger partial charge in [0.25, 0.3) is 0 Å². The van der Waals surface area contributed by atoms with Crippen LogP contribution in [0.5, 0.6) is 17.4 Å². The molecule has 6 nitrogen and oxygen atoms in total. The van der Waals surface area contributed by atoms with Crippen LogP contribution in [0.1, 0.15) is 17.7 Å². The Morgan fingerprint density at radius 1 is 1.00 bits per heavy atom. The van der Waals surface area contributed by atoms with Gasteiger partial charge in [0.15, 0.2) is 5.78 Å². The summed E-state index contributed by atoms with van der Waals surface area (Å²) in [7, 11) is 0. The number of hydrogen-bond acceptors (Lipinski definition) is 7. The Morgan fingerprint density at radius 2 is 1.74 bits per heavy atom. The van der Waals surface area contributed by atoms with Gasteiger partial charge in [0.2, 0.25) is 11.8 Å². The van der Waals surface area contributed by atoms with Crippen molar-refractivity contribution in [2.45, 2.75) is 28.5 Å². The van der Waals surface area contributed by atoms with Crippen molar-refractivity contribution in [3.63, 3.8) is 0 Å². The van der Waals surface area contributed by atoms with Gasteiger partial charge in [-0.25, -0.2) is 4.98 Å². The number of pyridine rings is 1. The summed E-state index contributed by atoms with van der Waals surface area (Å²) in [6, 6.07) is 18.6. The Labute approximate surface area is 234 Å². The van der Waals surface area contributed by atoms with Gasteiger partial charge in [-0.1, -0.05) is 29.8 Å². The van der Waals surface area contributed by atoms with Gasteiger partial charge >= 0.3 is 6.36 Å². The third-order valence-corrected chi connectivity index (χ3v) is 8.29. The molecule has 200 valence electrons. The van der Waals surface area contributed by atoms with Gasteiger partial charge in [-0.05, 0) is 64.9 Å². The van der Waals surface area contributed by atoms with Crippen LogP contribution in [-0.2, 0) is 15.1 Å². The Kier molecular flexibility index (Phi) is 7.57. The molecular weight excluding hydrogens is 573 g/mol. The third-order valence-electron chi connectivity index (χ3n) is 5.84. The lowest BCUT2D eigenvalue weighted by molar-refractivity contribution is -0.274. The van der Waals surface area contributed by atoms with E-state index < -0.39 is 23.1 Å². The molecule has 39 heavy (non-hydrogen) atoms. The van der Waals surface area contributed by atoms with Crippen LogP contribution >= 0.6 is 34.7 Å². The van der Waals surface area contributed by atoms with E-state index in [4.69, 9.17) is 16.3 Å². The maximum atomic E-state index is 13.4. The molecule has 0 saturated carbocycles. The number of nitrogens with one attached hydrogen (secondary N) is 1. The molecule has 0 bridgehead atoms. The maximum absolute atomic E-state index is 13.4. The van der Waals surface area contributed by atoms with Crippen molar-refractivity contribution in [1.82, 2.24) is 10.3 Å². The summed E-state index contributed by atoms with van der Waals surface area (Å²) < 4.78 is 47.0. The minimum absolute atomic E-state index is 0.0580. The highest BCUT2D eigenvalue weighted by Gasteiger charge is 2.48. The second-order valence-corrected chi connectivity index (χ2v) is 10.8. The molecule has 2 aromatic heterocycles. The Morgan fingerprint density at radius 3 is 2.41 bits per heavy atom. The average Bonchev–Trinajstić information content (AvgIpc) is 3.43. The molecule has 1 fully saturated rings. The summed E-state index contributed by atoms with van der Waals surface area (Å²) in [6.45, 7) is 0. The van der Waals surface area contributed by atoms with Crippen LogP contribution in [0.3, 0.4) is 0 Å². The summed E-state index contributed by atoms with van der Waals surface area (Å²) in [5.41, 5.74) is -0.179. The SMILES string of the molecule is O=C1CC(c2ccsc2)(c2cccc(Oc3ccc(OC(F)(F)F)cc3)n2)NC(=O)C1Sc1ccccc1Cl.